The van der Waals surface area contributed by atoms with Gasteiger partial charge in [-0.1, -0.05) is 18.2 Å². The molecule has 0 radical (unpaired) electrons. The molecule has 0 amide bonds. The zero-order chi connectivity index (χ0) is 10.9. The fourth-order valence-corrected chi connectivity index (χ4v) is 1.13. The summed E-state index contributed by atoms with van der Waals surface area (Å²) in [5, 5.41) is 8.30. The molecule has 3 heteroatoms. The lowest BCUT2D eigenvalue weighted by molar-refractivity contribution is 0.0499. The third kappa shape index (κ3) is 4.28. The Bertz CT molecular complexity index is 340. The number of nitrogens with zero attached hydrogens (tertiary/aromatic N) is 1. The van der Waals surface area contributed by atoms with Gasteiger partial charge in [-0.15, -0.1) is 0 Å². The molecule has 0 heterocycles. The van der Waals surface area contributed by atoms with Gasteiger partial charge in [-0.05, 0) is 25.0 Å². The number of carbonyl (C=O) groups is 1. The Morgan fingerprint density at radius 3 is 2.67 bits per heavy atom. The van der Waals surface area contributed by atoms with Gasteiger partial charge in [-0.3, -0.25) is 0 Å². The molecule has 0 aromatic heterocycles. The fraction of sp³-hybridized carbons (Fsp3) is 0.333. The van der Waals surface area contributed by atoms with Gasteiger partial charge in [0, 0.05) is 6.42 Å². The van der Waals surface area contributed by atoms with Crippen LogP contribution in [0.4, 0.5) is 0 Å². The normalized spacial score (nSPS) is 9.27. The fourth-order valence-electron chi connectivity index (χ4n) is 1.13. The Morgan fingerprint density at radius 1 is 1.27 bits per heavy atom. The molecule has 1 aromatic rings. The lowest BCUT2D eigenvalue weighted by Gasteiger charge is -2.03. The highest BCUT2D eigenvalue weighted by Crippen LogP contribution is 2.02. The minimum Gasteiger partial charge on any atom is -0.462 e. The number of hydrogen-bond donors (Lipinski definition) is 0. The smallest absolute Gasteiger partial charge is 0.338 e. The molecule has 0 saturated carbocycles. The summed E-state index contributed by atoms with van der Waals surface area (Å²) in [4.78, 5) is 11.4. The molecule has 0 bridgehead atoms. The molecular weight excluding hydrogens is 190 g/mol. The third-order valence-electron chi connectivity index (χ3n) is 1.93. The number of hydrogen-bond acceptors (Lipinski definition) is 3. The van der Waals surface area contributed by atoms with Crippen LogP contribution in [0, 0.1) is 11.3 Å². The first-order valence-electron chi connectivity index (χ1n) is 4.93. The van der Waals surface area contributed by atoms with Gasteiger partial charge < -0.3 is 4.74 Å². The van der Waals surface area contributed by atoms with Crippen molar-refractivity contribution in [2.75, 3.05) is 6.61 Å². The van der Waals surface area contributed by atoms with E-state index >= 15 is 0 Å². The quantitative estimate of drug-likeness (QED) is 0.545. The number of benzene rings is 1. The Kier molecular flexibility index (Phi) is 4.96. The highest BCUT2D eigenvalue weighted by atomic mass is 16.5. The van der Waals surface area contributed by atoms with E-state index in [1.807, 2.05) is 12.1 Å². The molecule has 0 fully saturated rings. The van der Waals surface area contributed by atoms with Crippen LogP contribution in [0.1, 0.15) is 29.6 Å². The predicted molar refractivity (Wildman–Crippen MR) is 56.2 cm³/mol. The summed E-state index contributed by atoms with van der Waals surface area (Å²) >= 11 is 0. The van der Waals surface area contributed by atoms with Crippen molar-refractivity contribution in [3.63, 3.8) is 0 Å². The average molecular weight is 203 g/mol. The number of rotatable bonds is 5. The molecule has 0 spiro atoms. The molecule has 0 unspecified atom stereocenters. The Labute approximate surface area is 89.3 Å². The van der Waals surface area contributed by atoms with Crippen LogP contribution in [0.3, 0.4) is 0 Å². The van der Waals surface area contributed by atoms with Gasteiger partial charge in [0.15, 0.2) is 0 Å². The van der Waals surface area contributed by atoms with Gasteiger partial charge in [0.1, 0.15) is 0 Å². The SMILES string of the molecule is N#CCCCCOC(=O)c1ccccc1. The number of nitriles is 1. The number of esters is 1. The lowest BCUT2D eigenvalue weighted by atomic mass is 10.2. The van der Waals surface area contributed by atoms with Crippen LogP contribution >= 0.6 is 0 Å². The highest BCUT2D eigenvalue weighted by Gasteiger charge is 2.04. The number of carbonyl (C=O) groups excluding carboxylic acids is 1. The van der Waals surface area contributed by atoms with E-state index in [9.17, 15) is 4.79 Å². The van der Waals surface area contributed by atoms with Crippen molar-refractivity contribution in [3.05, 3.63) is 35.9 Å². The van der Waals surface area contributed by atoms with Crippen LogP contribution in [-0.2, 0) is 4.74 Å². The monoisotopic (exact) mass is 203 g/mol. The van der Waals surface area contributed by atoms with Crippen LogP contribution in [0.15, 0.2) is 30.3 Å². The van der Waals surface area contributed by atoms with Gasteiger partial charge in [0.25, 0.3) is 0 Å². The van der Waals surface area contributed by atoms with E-state index in [0.29, 0.717) is 18.6 Å². The van der Waals surface area contributed by atoms with Crippen LogP contribution in [0.5, 0.6) is 0 Å². The van der Waals surface area contributed by atoms with Crippen molar-refractivity contribution in [3.8, 4) is 6.07 Å². The molecule has 0 aliphatic carbocycles. The Balaban J connectivity index is 2.23. The summed E-state index contributed by atoms with van der Waals surface area (Å²) in [5.41, 5.74) is 0.567. The van der Waals surface area contributed by atoms with Crippen molar-refractivity contribution in [2.45, 2.75) is 19.3 Å². The van der Waals surface area contributed by atoms with Crippen LogP contribution in [0.2, 0.25) is 0 Å². The minimum atomic E-state index is -0.299. The first-order valence-corrected chi connectivity index (χ1v) is 4.93. The first kappa shape index (κ1) is 11.3. The van der Waals surface area contributed by atoms with E-state index in [4.69, 9.17) is 10.00 Å². The maximum Gasteiger partial charge on any atom is 0.338 e. The second-order valence-electron chi connectivity index (χ2n) is 3.12. The largest absolute Gasteiger partial charge is 0.462 e. The molecule has 0 N–H and O–H groups in total. The Hall–Kier alpha value is -1.82. The second-order valence-corrected chi connectivity index (χ2v) is 3.12. The van der Waals surface area contributed by atoms with E-state index in [-0.39, 0.29) is 5.97 Å². The Morgan fingerprint density at radius 2 is 2.00 bits per heavy atom. The van der Waals surface area contributed by atoms with Crippen molar-refractivity contribution in [1.29, 1.82) is 5.26 Å². The zero-order valence-electron chi connectivity index (χ0n) is 8.48. The third-order valence-corrected chi connectivity index (χ3v) is 1.93. The maximum atomic E-state index is 11.4. The summed E-state index contributed by atoms with van der Waals surface area (Å²) in [6.45, 7) is 0.384. The molecule has 15 heavy (non-hydrogen) atoms. The van der Waals surface area contributed by atoms with E-state index < -0.39 is 0 Å². The van der Waals surface area contributed by atoms with Gasteiger partial charge in [0.2, 0.25) is 0 Å². The molecule has 3 nitrogen and oxygen atoms in total. The van der Waals surface area contributed by atoms with Gasteiger partial charge in [0.05, 0.1) is 18.2 Å². The summed E-state index contributed by atoms with van der Waals surface area (Å²) in [6, 6.07) is 10.9. The maximum absolute atomic E-state index is 11.4. The molecule has 0 saturated heterocycles. The van der Waals surface area contributed by atoms with Crippen molar-refractivity contribution >= 4 is 5.97 Å². The second kappa shape index (κ2) is 6.61. The number of unbranched alkanes of at least 4 members (excludes halogenated alkanes) is 2. The van der Waals surface area contributed by atoms with Crippen LogP contribution < -0.4 is 0 Å². The van der Waals surface area contributed by atoms with E-state index in [1.54, 1.807) is 24.3 Å². The van der Waals surface area contributed by atoms with Crippen molar-refractivity contribution in [2.24, 2.45) is 0 Å². The topological polar surface area (TPSA) is 50.1 Å². The molecule has 0 atom stereocenters. The average Bonchev–Trinajstić information content (AvgIpc) is 2.30. The van der Waals surface area contributed by atoms with Gasteiger partial charge in [-0.25, -0.2) is 4.79 Å². The zero-order valence-corrected chi connectivity index (χ0v) is 8.48. The number of ether oxygens (including phenoxy) is 1. The van der Waals surface area contributed by atoms with E-state index in [1.165, 1.54) is 0 Å². The summed E-state index contributed by atoms with van der Waals surface area (Å²) in [6.07, 6.45) is 2.04. The van der Waals surface area contributed by atoms with Gasteiger partial charge in [-0.2, -0.15) is 5.26 Å². The van der Waals surface area contributed by atoms with Gasteiger partial charge >= 0.3 is 5.97 Å². The molecule has 78 valence electrons. The minimum absolute atomic E-state index is 0.299. The predicted octanol–water partition coefficient (Wildman–Crippen LogP) is 2.54. The highest BCUT2D eigenvalue weighted by molar-refractivity contribution is 5.89. The summed E-state index contributed by atoms with van der Waals surface area (Å²) in [7, 11) is 0. The molecular formula is C12H13NO2. The molecule has 1 aromatic carbocycles. The molecule has 0 aliphatic rings. The van der Waals surface area contributed by atoms with E-state index in [2.05, 4.69) is 0 Å². The van der Waals surface area contributed by atoms with Crippen LogP contribution in [0.25, 0.3) is 0 Å². The molecule has 1 rings (SSSR count). The summed E-state index contributed by atoms with van der Waals surface area (Å²) < 4.78 is 5.03. The van der Waals surface area contributed by atoms with E-state index in [0.717, 1.165) is 12.8 Å². The first-order chi connectivity index (χ1) is 7.34. The van der Waals surface area contributed by atoms with Crippen molar-refractivity contribution < 1.29 is 9.53 Å². The standard InChI is InChI=1S/C12H13NO2/c13-9-5-2-6-10-15-12(14)11-7-3-1-4-8-11/h1,3-4,7-8H,2,5-6,10H2. The van der Waals surface area contributed by atoms with Crippen LogP contribution in [-0.4, -0.2) is 12.6 Å². The molecule has 0 aliphatic heterocycles. The lowest BCUT2D eigenvalue weighted by Crippen LogP contribution is -2.05. The summed E-state index contributed by atoms with van der Waals surface area (Å²) in [5.74, 6) is -0.299. The van der Waals surface area contributed by atoms with Crippen molar-refractivity contribution in [1.82, 2.24) is 0 Å².